The first kappa shape index (κ1) is 17.6. The van der Waals surface area contributed by atoms with E-state index in [0.29, 0.717) is 4.47 Å². The Labute approximate surface area is 155 Å². The molecule has 2 aromatic heterocycles. The number of nitrogens with zero attached hydrogens (tertiary/aromatic N) is 1. The fraction of sp³-hybridized carbons (Fsp3) is 0.176. The van der Waals surface area contributed by atoms with Crippen molar-refractivity contribution in [3.05, 3.63) is 51.2 Å². The van der Waals surface area contributed by atoms with Gasteiger partial charge in [-0.05, 0) is 37.3 Å². The Morgan fingerprint density at radius 1 is 1.32 bits per heavy atom. The normalized spacial score (nSPS) is 10.9. The minimum absolute atomic E-state index is 0.0812. The number of hydrogen-bond acceptors (Lipinski definition) is 4. The third kappa shape index (κ3) is 3.59. The minimum atomic E-state index is -0.542. The van der Waals surface area contributed by atoms with Crippen LogP contribution in [0.5, 0.6) is 0 Å². The van der Waals surface area contributed by atoms with E-state index in [1.165, 1.54) is 30.6 Å². The van der Waals surface area contributed by atoms with Crippen molar-refractivity contribution in [3.8, 4) is 0 Å². The Bertz CT molecular complexity index is 980. The quantitative estimate of drug-likeness (QED) is 0.633. The summed E-state index contributed by atoms with van der Waals surface area (Å²) in [5.41, 5.74) is 1.14. The second-order valence-electron chi connectivity index (χ2n) is 5.39. The van der Waals surface area contributed by atoms with Crippen LogP contribution in [-0.4, -0.2) is 23.6 Å². The van der Waals surface area contributed by atoms with E-state index >= 15 is 0 Å². The van der Waals surface area contributed by atoms with Gasteiger partial charge in [-0.3, -0.25) is 4.79 Å². The number of fused-ring (bicyclic) bond motifs is 1. The maximum atomic E-state index is 13.9. The van der Waals surface area contributed by atoms with Gasteiger partial charge in [-0.15, -0.1) is 11.3 Å². The van der Waals surface area contributed by atoms with Gasteiger partial charge in [0.15, 0.2) is 0 Å². The predicted molar refractivity (Wildman–Crippen MR) is 98.6 cm³/mol. The van der Waals surface area contributed by atoms with Crippen LogP contribution < -0.4 is 5.32 Å². The van der Waals surface area contributed by atoms with Crippen molar-refractivity contribution >= 4 is 55.0 Å². The number of benzene rings is 1. The summed E-state index contributed by atoms with van der Waals surface area (Å²) in [4.78, 5) is 25.4. The Morgan fingerprint density at radius 3 is 2.76 bits per heavy atom. The zero-order valence-corrected chi connectivity index (χ0v) is 15.8. The second kappa shape index (κ2) is 6.97. The molecular weight excluding hydrogens is 411 g/mol. The number of halogens is 2. The maximum Gasteiger partial charge on any atom is 0.354 e. The maximum absolute atomic E-state index is 13.9. The van der Waals surface area contributed by atoms with Crippen molar-refractivity contribution in [3.63, 3.8) is 0 Å². The highest BCUT2D eigenvalue weighted by Crippen LogP contribution is 2.29. The summed E-state index contributed by atoms with van der Waals surface area (Å²) in [6.45, 7) is 1.82. The molecule has 0 aliphatic heterocycles. The van der Waals surface area contributed by atoms with Crippen molar-refractivity contribution < 1.29 is 18.7 Å². The molecule has 5 nitrogen and oxygen atoms in total. The summed E-state index contributed by atoms with van der Waals surface area (Å²) in [5.74, 6) is -1.50. The van der Waals surface area contributed by atoms with Crippen LogP contribution in [0.2, 0.25) is 0 Å². The Hall–Kier alpha value is -2.19. The third-order valence-corrected chi connectivity index (χ3v) is 5.09. The summed E-state index contributed by atoms with van der Waals surface area (Å²) in [6.07, 6.45) is 0. The molecule has 0 saturated heterocycles. The summed E-state index contributed by atoms with van der Waals surface area (Å²) >= 11 is 4.69. The van der Waals surface area contributed by atoms with Crippen LogP contribution in [0.15, 0.2) is 34.8 Å². The van der Waals surface area contributed by atoms with Crippen LogP contribution in [-0.2, 0) is 16.1 Å². The molecule has 1 aromatic carbocycles. The van der Waals surface area contributed by atoms with Gasteiger partial charge in [-0.25, -0.2) is 9.18 Å². The van der Waals surface area contributed by atoms with E-state index in [1.807, 2.05) is 13.0 Å². The van der Waals surface area contributed by atoms with Gasteiger partial charge >= 0.3 is 5.97 Å². The molecule has 3 aromatic rings. The average Bonchev–Trinajstić information content (AvgIpc) is 3.07. The number of aromatic nitrogens is 1. The highest BCUT2D eigenvalue weighted by atomic mass is 79.9. The number of amides is 1. The predicted octanol–water partition coefficient (Wildman–Crippen LogP) is 4.34. The molecule has 0 radical (unpaired) electrons. The molecule has 0 fully saturated rings. The molecule has 8 heteroatoms. The van der Waals surface area contributed by atoms with Gasteiger partial charge in [0, 0.05) is 9.35 Å². The zero-order chi connectivity index (χ0) is 18.1. The lowest BCUT2D eigenvalue weighted by molar-refractivity contribution is -0.116. The van der Waals surface area contributed by atoms with Crippen molar-refractivity contribution in [1.29, 1.82) is 0 Å². The highest BCUT2D eigenvalue weighted by Gasteiger charge is 2.20. The van der Waals surface area contributed by atoms with Crippen molar-refractivity contribution in [2.75, 3.05) is 12.4 Å². The van der Waals surface area contributed by atoms with E-state index in [9.17, 15) is 14.0 Å². The van der Waals surface area contributed by atoms with Gasteiger partial charge in [0.25, 0.3) is 0 Å². The van der Waals surface area contributed by atoms with Gasteiger partial charge in [0.2, 0.25) is 5.91 Å². The fourth-order valence-electron chi connectivity index (χ4n) is 2.53. The lowest BCUT2D eigenvalue weighted by atomic mass is 10.3. The van der Waals surface area contributed by atoms with E-state index in [-0.39, 0.29) is 17.9 Å². The molecule has 0 aliphatic rings. The summed E-state index contributed by atoms with van der Waals surface area (Å²) < 4.78 is 21.7. The smallest absolute Gasteiger partial charge is 0.354 e. The molecule has 2 heterocycles. The number of thiophene rings is 1. The zero-order valence-electron chi connectivity index (χ0n) is 13.4. The van der Waals surface area contributed by atoms with Crippen LogP contribution in [0, 0.1) is 12.7 Å². The molecule has 0 bridgehead atoms. The SMILES string of the molecule is COC(=O)c1cc2sc(C)cc2n1CC(=O)Nc1ccc(Br)cc1F. The Morgan fingerprint density at radius 2 is 2.08 bits per heavy atom. The van der Waals surface area contributed by atoms with Gasteiger partial charge < -0.3 is 14.6 Å². The lowest BCUT2D eigenvalue weighted by Gasteiger charge is -2.10. The van der Waals surface area contributed by atoms with Crippen molar-refractivity contribution in [2.24, 2.45) is 0 Å². The molecule has 0 unspecified atom stereocenters. The molecule has 0 aliphatic carbocycles. The molecule has 0 spiro atoms. The number of methoxy groups -OCH3 is 1. The number of hydrogen-bond donors (Lipinski definition) is 1. The topological polar surface area (TPSA) is 60.3 Å². The Balaban J connectivity index is 1.90. The first-order valence-corrected chi connectivity index (χ1v) is 8.93. The number of rotatable bonds is 4. The highest BCUT2D eigenvalue weighted by molar-refractivity contribution is 9.10. The van der Waals surface area contributed by atoms with Crippen LogP contribution in [0.3, 0.4) is 0 Å². The summed E-state index contributed by atoms with van der Waals surface area (Å²) in [6, 6.07) is 7.98. The fourth-order valence-corrected chi connectivity index (χ4v) is 3.83. The number of ether oxygens (including phenoxy) is 1. The first-order valence-electron chi connectivity index (χ1n) is 7.32. The van der Waals surface area contributed by atoms with Gasteiger partial charge in [-0.2, -0.15) is 0 Å². The molecule has 130 valence electrons. The molecule has 1 amide bonds. The van der Waals surface area contributed by atoms with Crippen molar-refractivity contribution in [2.45, 2.75) is 13.5 Å². The van der Waals surface area contributed by atoms with E-state index in [4.69, 9.17) is 4.74 Å². The first-order chi connectivity index (χ1) is 11.9. The molecule has 1 N–H and O–H groups in total. The van der Waals surface area contributed by atoms with Gasteiger partial charge in [-0.1, -0.05) is 15.9 Å². The van der Waals surface area contributed by atoms with E-state index in [0.717, 1.165) is 15.1 Å². The van der Waals surface area contributed by atoms with E-state index in [2.05, 4.69) is 21.2 Å². The number of nitrogens with one attached hydrogen (secondary N) is 1. The molecule has 0 saturated carbocycles. The Kier molecular flexibility index (Phi) is 4.91. The minimum Gasteiger partial charge on any atom is -0.464 e. The van der Waals surface area contributed by atoms with Crippen molar-refractivity contribution in [1.82, 2.24) is 4.57 Å². The summed E-state index contributed by atoms with van der Waals surface area (Å²) in [5, 5.41) is 2.53. The lowest BCUT2D eigenvalue weighted by Crippen LogP contribution is -2.22. The van der Waals surface area contributed by atoms with E-state index < -0.39 is 17.7 Å². The van der Waals surface area contributed by atoms with Crippen LogP contribution in [0.25, 0.3) is 10.2 Å². The summed E-state index contributed by atoms with van der Waals surface area (Å²) in [7, 11) is 1.29. The molecular formula is C17H14BrFN2O3S. The average molecular weight is 425 g/mol. The van der Waals surface area contributed by atoms with Gasteiger partial charge in [0.1, 0.15) is 18.1 Å². The second-order valence-corrected chi connectivity index (χ2v) is 7.59. The van der Waals surface area contributed by atoms with Crippen LogP contribution >= 0.6 is 27.3 Å². The standard InChI is InChI=1S/C17H14BrFN2O3S/c1-9-5-13-15(25-9)7-14(17(23)24-2)21(13)8-16(22)20-12-4-3-10(18)6-11(12)19/h3-7H,8H2,1-2H3,(H,20,22). The number of carbonyl (C=O) groups is 2. The number of carbonyl (C=O) groups excluding carboxylic acids is 2. The largest absolute Gasteiger partial charge is 0.464 e. The van der Waals surface area contributed by atoms with Crippen LogP contribution in [0.1, 0.15) is 15.4 Å². The number of esters is 1. The number of anilines is 1. The number of aryl methyl sites for hydroxylation is 1. The third-order valence-electron chi connectivity index (χ3n) is 3.61. The van der Waals surface area contributed by atoms with Crippen LogP contribution in [0.4, 0.5) is 10.1 Å². The molecule has 0 atom stereocenters. The molecule has 25 heavy (non-hydrogen) atoms. The molecule has 3 rings (SSSR count). The monoisotopic (exact) mass is 424 g/mol. The van der Waals surface area contributed by atoms with Gasteiger partial charge in [0.05, 0.1) is 23.0 Å². The van der Waals surface area contributed by atoms with E-state index in [1.54, 1.807) is 16.7 Å².